The van der Waals surface area contributed by atoms with Crippen molar-refractivity contribution in [2.45, 2.75) is 27.3 Å². The lowest BCUT2D eigenvalue weighted by molar-refractivity contribution is 0.227. The van der Waals surface area contributed by atoms with Gasteiger partial charge in [-0.25, -0.2) is 0 Å². The largest absolute Gasteiger partial charge is 0.492 e. The summed E-state index contributed by atoms with van der Waals surface area (Å²) >= 11 is 0. The fraction of sp³-hybridized carbons (Fsp3) is 0.529. The third-order valence-corrected chi connectivity index (χ3v) is 3.12. The lowest BCUT2D eigenvalue weighted by Crippen LogP contribution is -2.29. The summed E-state index contributed by atoms with van der Waals surface area (Å²) in [4.78, 5) is 2.34. The Morgan fingerprint density at radius 2 is 1.95 bits per heavy atom. The summed E-state index contributed by atoms with van der Waals surface area (Å²) in [6, 6.07) is 8.32. The Balaban J connectivity index is 2.32. The van der Waals surface area contributed by atoms with Gasteiger partial charge in [-0.2, -0.15) is 0 Å². The first kappa shape index (κ1) is 16.7. The highest BCUT2D eigenvalue weighted by Gasteiger charge is 2.02. The first-order valence-electron chi connectivity index (χ1n) is 7.44. The van der Waals surface area contributed by atoms with Crippen molar-refractivity contribution >= 4 is 0 Å². The molecule has 3 nitrogen and oxygen atoms in total. The molecule has 0 fully saturated rings. The number of ether oxygens (including phenoxy) is 1. The molecule has 0 atom stereocenters. The van der Waals surface area contributed by atoms with Gasteiger partial charge in [-0.15, -0.1) is 0 Å². The quantitative estimate of drug-likeness (QED) is 0.665. The van der Waals surface area contributed by atoms with Crippen LogP contribution in [-0.4, -0.2) is 37.7 Å². The minimum absolute atomic E-state index is 0.716. The van der Waals surface area contributed by atoms with Crippen molar-refractivity contribution in [3.63, 3.8) is 0 Å². The highest BCUT2D eigenvalue weighted by atomic mass is 16.5. The van der Waals surface area contributed by atoms with E-state index >= 15 is 0 Å². The summed E-state index contributed by atoms with van der Waals surface area (Å²) in [5.41, 5.74) is 2.48. The molecule has 1 aromatic carbocycles. The second-order valence-electron chi connectivity index (χ2n) is 5.10. The Morgan fingerprint density at radius 3 is 2.50 bits per heavy atom. The summed E-state index contributed by atoms with van der Waals surface area (Å²) in [5.74, 6) is 0.941. The van der Waals surface area contributed by atoms with Gasteiger partial charge in [0.25, 0.3) is 0 Å². The number of hydrogen-bond donors (Lipinski definition) is 1. The maximum Gasteiger partial charge on any atom is 0.119 e. The average molecular weight is 276 g/mol. The highest BCUT2D eigenvalue weighted by molar-refractivity contribution is 5.27. The second kappa shape index (κ2) is 9.56. The zero-order chi connectivity index (χ0) is 14.8. The van der Waals surface area contributed by atoms with Crippen LogP contribution in [0.5, 0.6) is 5.75 Å². The lowest BCUT2D eigenvalue weighted by Gasteiger charge is -2.20. The van der Waals surface area contributed by atoms with Gasteiger partial charge in [0, 0.05) is 19.6 Å². The van der Waals surface area contributed by atoms with E-state index in [9.17, 15) is 0 Å². The van der Waals surface area contributed by atoms with Crippen molar-refractivity contribution in [2.24, 2.45) is 0 Å². The van der Waals surface area contributed by atoms with Crippen LogP contribution in [0.15, 0.2) is 36.4 Å². The normalized spacial score (nSPS) is 10.8. The van der Waals surface area contributed by atoms with Gasteiger partial charge in [-0.1, -0.05) is 38.1 Å². The Morgan fingerprint density at radius 1 is 1.25 bits per heavy atom. The standard InChI is InChI=1S/C17H28N2O/c1-5-18-13-16-7-9-17(10-8-16)20-12-11-19(6-2)14-15(3)4/h7-10,18H,3,5-6,11-14H2,1-2,4H3. The number of nitrogens with zero attached hydrogens (tertiary/aromatic N) is 1. The molecule has 0 spiro atoms. The average Bonchev–Trinajstić information content (AvgIpc) is 2.45. The van der Waals surface area contributed by atoms with Crippen LogP contribution < -0.4 is 10.1 Å². The predicted octanol–water partition coefficient (Wildman–Crippen LogP) is 3.07. The SMILES string of the molecule is C=C(C)CN(CC)CCOc1ccc(CNCC)cc1. The van der Waals surface area contributed by atoms with Gasteiger partial charge in [-0.3, -0.25) is 4.90 Å². The molecule has 0 amide bonds. The number of benzene rings is 1. The summed E-state index contributed by atoms with van der Waals surface area (Å²) in [5, 5.41) is 3.31. The molecule has 0 aliphatic rings. The molecule has 0 saturated heterocycles. The molecule has 1 aromatic rings. The van der Waals surface area contributed by atoms with E-state index in [1.54, 1.807) is 0 Å². The lowest BCUT2D eigenvalue weighted by atomic mass is 10.2. The molecule has 0 aromatic heterocycles. The van der Waals surface area contributed by atoms with E-state index in [1.807, 2.05) is 12.1 Å². The second-order valence-corrected chi connectivity index (χ2v) is 5.10. The molecule has 1 rings (SSSR count). The molecule has 0 bridgehead atoms. The Bertz CT molecular complexity index is 386. The maximum absolute atomic E-state index is 5.79. The zero-order valence-electron chi connectivity index (χ0n) is 13.1. The van der Waals surface area contributed by atoms with Gasteiger partial charge in [0.05, 0.1) is 0 Å². The molecule has 0 saturated carbocycles. The molecule has 0 radical (unpaired) electrons. The number of rotatable bonds is 10. The van der Waals surface area contributed by atoms with E-state index in [-0.39, 0.29) is 0 Å². The zero-order valence-corrected chi connectivity index (χ0v) is 13.1. The molecular formula is C17H28N2O. The third-order valence-electron chi connectivity index (χ3n) is 3.12. The van der Waals surface area contributed by atoms with Gasteiger partial charge in [-0.05, 0) is 37.7 Å². The van der Waals surface area contributed by atoms with Gasteiger partial charge < -0.3 is 10.1 Å². The Kier molecular flexibility index (Phi) is 8.00. The van der Waals surface area contributed by atoms with Gasteiger partial charge in [0.15, 0.2) is 0 Å². The van der Waals surface area contributed by atoms with Gasteiger partial charge in [0.1, 0.15) is 12.4 Å². The molecule has 20 heavy (non-hydrogen) atoms. The van der Waals surface area contributed by atoms with E-state index in [0.717, 1.165) is 38.5 Å². The minimum Gasteiger partial charge on any atom is -0.492 e. The van der Waals surface area contributed by atoms with E-state index in [2.05, 4.69) is 49.7 Å². The van der Waals surface area contributed by atoms with Crippen LogP contribution in [0.4, 0.5) is 0 Å². The molecule has 3 heteroatoms. The highest BCUT2D eigenvalue weighted by Crippen LogP contribution is 2.12. The van der Waals surface area contributed by atoms with Crippen molar-refractivity contribution in [1.82, 2.24) is 10.2 Å². The van der Waals surface area contributed by atoms with E-state index in [1.165, 1.54) is 11.1 Å². The first-order chi connectivity index (χ1) is 9.65. The predicted molar refractivity (Wildman–Crippen MR) is 86.2 cm³/mol. The Hall–Kier alpha value is -1.32. The smallest absolute Gasteiger partial charge is 0.119 e. The summed E-state index contributed by atoms with van der Waals surface area (Å²) < 4.78 is 5.79. The maximum atomic E-state index is 5.79. The molecular weight excluding hydrogens is 248 g/mol. The molecule has 0 aliphatic heterocycles. The van der Waals surface area contributed by atoms with Gasteiger partial charge >= 0.3 is 0 Å². The number of nitrogens with one attached hydrogen (secondary N) is 1. The minimum atomic E-state index is 0.716. The van der Waals surface area contributed by atoms with Crippen LogP contribution in [-0.2, 0) is 6.54 Å². The molecule has 0 heterocycles. The monoisotopic (exact) mass is 276 g/mol. The van der Waals surface area contributed by atoms with E-state index < -0.39 is 0 Å². The Labute approximate surface area is 123 Å². The first-order valence-corrected chi connectivity index (χ1v) is 7.44. The van der Waals surface area contributed by atoms with Crippen LogP contribution in [0.2, 0.25) is 0 Å². The van der Waals surface area contributed by atoms with Crippen LogP contribution >= 0.6 is 0 Å². The van der Waals surface area contributed by atoms with Crippen molar-refractivity contribution in [3.8, 4) is 5.75 Å². The number of likely N-dealkylation sites (N-methyl/N-ethyl adjacent to an activating group) is 1. The van der Waals surface area contributed by atoms with E-state index in [4.69, 9.17) is 4.74 Å². The topological polar surface area (TPSA) is 24.5 Å². The summed E-state index contributed by atoms with van der Waals surface area (Å²) in [6.07, 6.45) is 0. The van der Waals surface area contributed by atoms with Crippen molar-refractivity contribution in [2.75, 3.05) is 32.8 Å². The fourth-order valence-electron chi connectivity index (χ4n) is 2.00. The van der Waals surface area contributed by atoms with Crippen LogP contribution in [0, 0.1) is 0 Å². The third kappa shape index (κ3) is 6.73. The van der Waals surface area contributed by atoms with Crippen molar-refractivity contribution < 1.29 is 4.74 Å². The van der Waals surface area contributed by atoms with Gasteiger partial charge in [0.2, 0.25) is 0 Å². The van der Waals surface area contributed by atoms with E-state index in [0.29, 0.717) is 6.61 Å². The summed E-state index contributed by atoms with van der Waals surface area (Å²) in [6.45, 7) is 15.8. The van der Waals surface area contributed by atoms with Crippen molar-refractivity contribution in [1.29, 1.82) is 0 Å². The van der Waals surface area contributed by atoms with Crippen LogP contribution in [0.3, 0.4) is 0 Å². The molecule has 112 valence electrons. The molecule has 1 N–H and O–H groups in total. The summed E-state index contributed by atoms with van der Waals surface area (Å²) in [7, 11) is 0. The molecule has 0 aliphatic carbocycles. The fourth-order valence-corrected chi connectivity index (χ4v) is 2.00. The van der Waals surface area contributed by atoms with Crippen molar-refractivity contribution in [3.05, 3.63) is 42.0 Å². The van der Waals surface area contributed by atoms with Crippen LogP contribution in [0.1, 0.15) is 26.3 Å². The molecule has 0 unspecified atom stereocenters. The number of hydrogen-bond acceptors (Lipinski definition) is 3. The van der Waals surface area contributed by atoms with Crippen LogP contribution in [0.25, 0.3) is 0 Å².